The van der Waals surface area contributed by atoms with Crippen molar-refractivity contribution in [3.8, 4) is 23.2 Å². The predicted octanol–water partition coefficient (Wildman–Crippen LogP) is 6.08. The average Bonchev–Trinajstić information content (AvgIpc) is 3.85. The first-order valence-corrected chi connectivity index (χ1v) is 15.8. The molecule has 6 heterocycles. The topological polar surface area (TPSA) is 138 Å². The molecule has 3 aliphatic heterocycles. The molecule has 0 bridgehead atoms. The van der Waals surface area contributed by atoms with Gasteiger partial charge in [0.25, 0.3) is 0 Å². The fourth-order valence-corrected chi connectivity index (χ4v) is 8.50. The largest absolute Gasteiger partial charge is 0.461 e. The average molecular weight is 649 g/mol. The van der Waals surface area contributed by atoms with Crippen LogP contribution in [0.2, 0.25) is 5.02 Å². The second-order valence-electron chi connectivity index (χ2n) is 11.8. The summed E-state index contributed by atoms with van der Waals surface area (Å²) in [4.78, 5) is 11.8. The Kier molecular flexibility index (Phi) is 6.79. The summed E-state index contributed by atoms with van der Waals surface area (Å²) in [5.74, 6) is 0.0277. The molecule has 0 radical (unpaired) electrons. The van der Waals surface area contributed by atoms with E-state index in [2.05, 4.69) is 26.5 Å². The molecule has 0 unspecified atom stereocenters. The molecule has 4 N–H and O–H groups in total. The Hall–Kier alpha value is -4.09. The fraction of sp³-hybridized carbons (Fsp3) is 0.355. The number of nitrogens with zero attached hydrogens (tertiary/aromatic N) is 5. The number of halogens is 3. The van der Waals surface area contributed by atoms with Crippen LogP contribution < -0.4 is 15.8 Å². The van der Waals surface area contributed by atoms with Crippen molar-refractivity contribution in [3.05, 3.63) is 57.6 Å². The Morgan fingerprint density at radius 1 is 1.27 bits per heavy atom. The van der Waals surface area contributed by atoms with Crippen LogP contribution in [-0.4, -0.2) is 56.5 Å². The third-order valence-electron chi connectivity index (χ3n) is 9.21. The van der Waals surface area contributed by atoms with Gasteiger partial charge in [0.1, 0.15) is 35.5 Å². The minimum atomic E-state index is -0.894. The summed E-state index contributed by atoms with van der Waals surface area (Å²) in [6, 6.07) is 7.08. The van der Waals surface area contributed by atoms with Crippen LogP contribution in [0, 0.1) is 17.1 Å². The van der Waals surface area contributed by atoms with E-state index in [4.69, 9.17) is 36.8 Å². The second kappa shape index (κ2) is 10.8. The molecular formula is C31H27ClF2N8O2S. The van der Waals surface area contributed by atoms with Crippen molar-refractivity contribution in [1.82, 2.24) is 25.1 Å². The van der Waals surface area contributed by atoms with Gasteiger partial charge in [-0.05, 0) is 48.2 Å². The highest BCUT2D eigenvalue weighted by molar-refractivity contribution is 7.23. The van der Waals surface area contributed by atoms with Crippen LogP contribution in [0.1, 0.15) is 41.6 Å². The molecule has 2 saturated heterocycles. The Bertz CT molecular complexity index is 2030. The molecule has 5 aromatic rings. The first-order valence-electron chi connectivity index (χ1n) is 14.6. The van der Waals surface area contributed by atoms with E-state index in [1.807, 2.05) is 6.07 Å². The highest BCUT2D eigenvalue weighted by Crippen LogP contribution is 2.49. The molecule has 8 rings (SSSR count). The fourth-order valence-electron chi connectivity index (χ4n) is 7.20. The molecule has 14 heteroatoms. The predicted molar refractivity (Wildman–Crippen MR) is 167 cm³/mol. The molecule has 230 valence electrons. The summed E-state index contributed by atoms with van der Waals surface area (Å²) in [5, 5.41) is 21.9. The zero-order chi connectivity index (χ0) is 30.9. The van der Waals surface area contributed by atoms with Crippen LogP contribution in [-0.2, 0) is 24.5 Å². The van der Waals surface area contributed by atoms with E-state index in [0.29, 0.717) is 52.7 Å². The third-order valence-corrected chi connectivity index (χ3v) is 10.6. The van der Waals surface area contributed by atoms with E-state index < -0.39 is 17.5 Å². The summed E-state index contributed by atoms with van der Waals surface area (Å²) < 4.78 is 42.0. The van der Waals surface area contributed by atoms with Crippen LogP contribution in [0.3, 0.4) is 0 Å². The Morgan fingerprint density at radius 2 is 2.13 bits per heavy atom. The number of aromatic nitrogens is 4. The van der Waals surface area contributed by atoms with Gasteiger partial charge in [0.05, 0.1) is 57.2 Å². The van der Waals surface area contributed by atoms with Gasteiger partial charge >= 0.3 is 6.01 Å². The number of nitrogen functional groups attached to an aromatic ring is 1. The highest BCUT2D eigenvalue weighted by atomic mass is 35.5. The molecule has 0 spiro atoms. The minimum Gasteiger partial charge on any atom is -0.461 e. The lowest BCUT2D eigenvalue weighted by molar-refractivity contribution is 0.107. The number of thiophene rings is 1. The lowest BCUT2D eigenvalue weighted by atomic mass is 9.91. The summed E-state index contributed by atoms with van der Waals surface area (Å²) in [6.45, 7) is 2.40. The first-order chi connectivity index (χ1) is 21.9. The smallest absolute Gasteiger partial charge is 0.319 e. The molecule has 2 aromatic carbocycles. The summed E-state index contributed by atoms with van der Waals surface area (Å²) in [5.41, 5.74) is 10.0. The summed E-state index contributed by atoms with van der Waals surface area (Å²) >= 11 is 8.30. The Labute approximate surface area is 265 Å². The van der Waals surface area contributed by atoms with Crippen molar-refractivity contribution >= 4 is 54.7 Å². The Balaban J connectivity index is 1.31. The zero-order valence-electron chi connectivity index (χ0n) is 23.9. The van der Waals surface area contributed by atoms with E-state index in [9.17, 15) is 14.0 Å². The molecule has 45 heavy (non-hydrogen) atoms. The van der Waals surface area contributed by atoms with E-state index in [-0.39, 0.29) is 46.1 Å². The highest BCUT2D eigenvalue weighted by Gasteiger charge is 2.49. The van der Waals surface area contributed by atoms with Crippen molar-refractivity contribution in [2.75, 3.05) is 30.7 Å². The van der Waals surface area contributed by atoms with Crippen LogP contribution in [0.4, 0.5) is 19.6 Å². The number of nitrogens with one attached hydrogen (secondary N) is 2. The van der Waals surface area contributed by atoms with Gasteiger partial charge in [0.2, 0.25) is 0 Å². The van der Waals surface area contributed by atoms with Crippen LogP contribution in [0.5, 0.6) is 6.01 Å². The molecule has 3 aliphatic rings. The first kappa shape index (κ1) is 28.4. The van der Waals surface area contributed by atoms with Crippen LogP contribution in [0.25, 0.3) is 32.1 Å². The molecule has 2 fully saturated rings. The van der Waals surface area contributed by atoms with Gasteiger partial charge in [-0.25, -0.2) is 8.78 Å². The standard InChI is InChI=1S/C31H27ClF2N8O2S/c32-25-22(17-2-3-21(34)27-23(17)18(9-35)28(36)45-27)19-12-43-13-20(19)24-26(25)39-30(40-29(24)37-10-16-4-6-38-41-16)44-14-31-5-1-7-42(31)11-15(33)8-31/h2-4,6,15H,1,5,7-8,10-14,36H2,(H,38,41)(H,37,39,40)/t15-,31+/m1/s1. The van der Waals surface area contributed by atoms with Crippen LogP contribution >= 0.6 is 22.9 Å². The normalized spacial score (nSPS) is 21.0. The number of H-pyrrole nitrogens is 1. The number of hydrogen-bond donors (Lipinski definition) is 3. The minimum absolute atomic E-state index is 0.103. The lowest BCUT2D eigenvalue weighted by Gasteiger charge is -2.30. The number of nitriles is 1. The van der Waals surface area contributed by atoms with E-state index in [1.54, 1.807) is 12.3 Å². The third kappa shape index (κ3) is 4.50. The van der Waals surface area contributed by atoms with Gasteiger partial charge in [0, 0.05) is 30.1 Å². The zero-order valence-corrected chi connectivity index (χ0v) is 25.5. The van der Waals surface area contributed by atoms with Crippen molar-refractivity contribution < 1.29 is 18.3 Å². The van der Waals surface area contributed by atoms with Gasteiger partial charge in [-0.2, -0.15) is 20.3 Å². The lowest BCUT2D eigenvalue weighted by Crippen LogP contribution is -2.43. The van der Waals surface area contributed by atoms with Crippen LogP contribution in [0.15, 0.2) is 24.4 Å². The number of nitrogens with two attached hydrogens (primary N) is 1. The van der Waals surface area contributed by atoms with Gasteiger partial charge in [0.15, 0.2) is 0 Å². The van der Waals surface area contributed by atoms with Crippen molar-refractivity contribution in [2.24, 2.45) is 0 Å². The van der Waals surface area contributed by atoms with Crippen molar-refractivity contribution in [2.45, 2.75) is 50.7 Å². The van der Waals surface area contributed by atoms with Gasteiger partial charge < -0.3 is 20.5 Å². The van der Waals surface area contributed by atoms with Crippen molar-refractivity contribution in [3.63, 3.8) is 0 Å². The maximum absolute atomic E-state index is 15.0. The molecule has 0 amide bonds. The molecule has 0 saturated carbocycles. The number of fused-ring (bicyclic) bond motifs is 5. The SMILES string of the molecule is N#Cc1c(N)sc2c(F)ccc(-c3c4c(c5c(NCc6ccn[nH]6)nc(OC[C@@]67CCCN6C[C@H](F)C7)nc5c3Cl)COC4)c12. The van der Waals surface area contributed by atoms with Gasteiger partial charge in [-0.3, -0.25) is 10.00 Å². The maximum Gasteiger partial charge on any atom is 0.319 e. The Morgan fingerprint density at radius 3 is 2.96 bits per heavy atom. The molecule has 10 nitrogen and oxygen atoms in total. The van der Waals surface area contributed by atoms with Gasteiger partial charge in [-0.15, -0.1) is 11.3 Å². The number of alkyl halides is 1. The number of hydrogen-bond acceptors (Lipinski definition) is 10. The van der Waals surface area contributed by atoms with E-state index in [1.165, 1.54) is 6.07 Å². The second-order valence-corrected chi connectivity index (χ2v) is 13.2. The monoisotopic (exact) mass is 648 g/mol. The molecule has 0 aliphatic carbocycles. The summed E-state index contributed by atoms with van der Waals surface area (Å²) in [7, 11) is 0. The molecular weight excluding hydrogens is 622 g/mol. The van der Waals surface area contributed by atoms with E-state index in [0.717, 1.165) is 47.5 Å². The van der Waals surface area contributed by atoms with Gasteiger partial charge in [-0.1, -0.05) is 17.7 Å². The number of benzene rings is 2. The van der Waals surface area contributed by atoms with E-state index >= 15 is 0 Å². The molecule has 3 aromatic heterocycles. The maximum atomic E-state index is 15.0. The van der Waals surface area contributed by atoms with Crippen molar-refractivity contribution in [1.29, 1.82) is 5.26 Å². The quantitative estimate of drug-likeness (QED) is 0.192. The molecule has 2 atom stereocenters. The number of aromatic amines is 1. The summed E-state index contributed by atoms with van der Waals surface area (Å²) in [6.07, 6.45) is 3.01. The number of rotatable bonds is 7. The number of anilines is 2. The number of ether oxygens (including phenoxy) is 2.